The van der Waals surface area contributed by atoms with E-state index in [2.05, 4.69) is 0 Å². The van der Waals surface area contributed by atoms with E-state index < -0.39 is 0 Å². The lowest BCUT2D eigenvalue weighted by Gasteiger charge is -2.11. The van der Waals surface area contributed by atoms with Gasteiger partial charge in [0.25, 0.3) is 0 Å². The molecule has 0 radical (unpaired) electrons. The van der Waals surface area contributed by atoms with E-state index in [0.717, 1.165) is 0 Å². The number of ether oxygens (including phenoxy) is 1. The summed E-state index contributed by atoms with van der Waals surface area (Å²) in [6, 6.07) is 8.82. The van der Waals surface area contributed by atoms with Crippen molar-refractivity contribution in [3.8, 4) is 11.5 Å². The third-order valence-electron chi connectivity index (χ3n) is 3.91. The molecule has 0 unspecified atom stereocenters. The number of fused-ring (bicyclic) bond motifs is 2. The Kier molecular flexibility index (Phi) is 3.46. The van der Waals surface area contributed by atoms with Crippen molar-refractivity contribution in [3.05, 3.63) is 70.0 Å². The minimum atomic E-state index is -0.380. The van der Waals surface area contributed by atoms with Gasteiger partial charge in [-0.1, -0.05) is 12.1 Å². The standard InChI is InChI=1S/C19H13FO5/c1-10-7-14(21)15-16(22)13-5-6-23-17(13)19(18(15)25-10)24-9-11-3-2-4-12(20)8-11/h2-8,22H,9H2,1H3. The van der Waals surface area contributed by atoms with Gasteiger partial charge >= 0.3 is 0 Å². The Bertz CT molecular complexity index is 1160. The lowest BCUT2D eigenvalue weighted by Crippen LogP contribution is -2.04. The van der Waals surface area contributed by atoms with Crippen LogP contribution in [0.15, 0.2) is 56.3 Å². The Morgan fingerprint density at radius 1 is 1.20 bits per heavy atom. The zero-order valence-corrected chi connectivity index (χ0v) is 13.2. The monoisotopic (exact) mass is 340 g/mol. The SMILES string of the molecule is Cc1cc(=O)c2c(O)c3ccoc3c(OCc3cccc(F)c3)c2o1. The van der Waals surface area contributed by atoms with E-state index in [0.29, 0.717) is 16.7 Å². The van der Waals surface area contributed by atoms with Gasteiger partial charge in [0.05, 0.1) is 11.6 Å². The van der Waals surface area contributed by atoms with E-state index >= 15 is 0 Å². The fourth-order valence-corrected chi connectivity index (χ4v) is 2.82. The molecule has 5 nitrogen and oxygen atoms in total. The molecular formula is C19H13FO5. The zero-order valence-electron chi connectivity index (χ0n) is 13.2. The first kappa shape index (κ1) is 15.3. The van der Waals surface area contributed by atoms with E-state index in [1.165, 1.54) is 24.5 Å². The highest BCUT2D eigenvalue weighted by atomic mass is 19.1. The van der Waals surface area contributed by atoms with Gasteiger partial charge in [0.2, 0.25) is 5.75 Å². The number of benzene rings is 2. The normalized spacial score (nSPS) is 11.3. The number of phenolic OH excluding ortho intramolecular Hbond substituents is 1. The molecule has 0 aliphatic heterocycles. The first-order valence-electron chi connectivity index (χ1n) is 7.58. The van der Waals surface area contributed by atoms with E-state index in [9.17, 15) is 14.3 Å². The number of hydrogen-bond donors (Lipinski definition) is 1. The molecule has 0 bridgehead atoms. The molecule has 0 atom stereocenters. The van der Waals surface area contributed by atoms with Gasteiger partial charge in [0.15, 0.2) is 16.6 Å². The van der Waals surface area contributed by atoms with E-state index in [1.807, 2.05) is 0 Å². The Labute approximate surface area is 140 Å². The molecule has 0 saturated carbocycles. The third kappa shape index (κ3) is 2.52. The summed E-state index contributed by atoms with van der Waals surface area (Å²) in [5.41, 5.74) is 0.586. The summed E-state index contributed by atoms with van der Waals surface area (Å²) in [6.07, 6.45) is 1.38. The molecule has 0 amide bonds. The summed E-state index contributed by atoms with van der Waals surface area (Å²) in [7, 11) is 0. The van der Waals surface area contributed by atoms with E-state index in [-0.39, 0.29) is 45.9 Å². The Hall–Kier alpha value is -3.28. The highest BCUT2D eigenvalue weighted by Crippen LogP contribution is 2.41. The maximum absolute atomic E-state index is 13.3. The van der Waals surface area contributed by atoms with Gasteiger partial charge in [-0.2, -0.15) is 0 Å². The van der Waals surface area contributed by atoms with Gasteiger partial charge in [-0.05, 0) is 30.7 Å². The van der Waals surface area contributed by atoms with Crippen LogP contribution in [0.1, 0.15) is 11.3 Å². The quantitative estimate of drug-likeness (QED) is 0.603. The molecule has 2 aromatic carbocycles. The molecule has 2 aromatic heterocycles. The van der Waals surface area contributed by atoms with Crippen molar-refractivity contribution < 1.29 is 23.1 Å². The van der Waals surface area contributed by atoms with Crippen LogP contribution in [-0.4, -0.2) is 5.11 Å². The Morgan fingerprint density at radius 2 is 2.04 bits per heavy atom. The van der Waals surface area contributed by atoms with Crippen molar-refractivity contribution in [1.29, 1.82) is 0 Å². The van der Waals surface area contributed by atoms with Gasteiger partial charge in [-0.3, -0.25) is 4.79 Å². The smallest absolute Gasteiger partial charge is 0.206 e. The van der Waals surface area contributed by atoms with Gasteiger partial charge in [0, 0.05) is 6.07 Å². The summed E-state index contributed by atoms with van der Waals surface area (Å²) >= 11 is 0. The lowest BCUT2D eigenvalue weighted by atomic mass is 10.1. The predicted octanol–water partition coefficient (Wildman–Crippen LogP) is 4.27. The van der Waals surface area contributed by atoms with Gasteiger partial charge in [-0.25, -0.2) is 4.39 Å². The van der Waals surface area contributed by atoms with Crippen molar-refractivity contribution in [2.24, 2.45) is 0 Å². The number of hydrogen-bond acceptors (Lipinski definition) is 5. The molecule has 1 N–H and O–H groups in total. The summed E-state index contributed by atoms with van der Waals surface area (Å²) in [5.74, 6) is -0.0240. The van der Waals surface area contributed by atoms with Crippen LogP contribution in [0.25, 0.3) is 21.9 Å². The molecule has 0 aliphatic carbocycles. The molecule has 0 saturated heterocycles. The highest BCUT2D eigenvalue weighted by molar-refractivity contribution is 6.06. The zero-order chi connectivity index (χ0) is 17.6. The van der Waals surface area contributed by atoms with Crippen molar-refractivity contribution in [1.82, 2.24) is 0 Å². The van der Waals surface area contributed by atoms with Crippen molar-refractivity contribution in [2.75, 3.05) is 0 Å². The predicted molar refractivity (Wildman–Crippen MR) is 89.4 cm³/mol. The third-order valence-corrected chi connectivity index (χ3v) is 3.91. The minimum Gasteiger partial charge on any atom is -0.506 e. The van der Waals surface area contributed by atoms with Crippen LogP contribution >= 0.6 is 0 Å². The summed E-state index contributed by atoms with van der Waals surface area (Å²) < 4.78 is 30.2. The average Bonchev–Trinajstić information content (AvgIpc) is 3.04. The van der Waals surface area contributed by atoms with Crippen LogP contribution in [0, 0.1) is 12.7 Å². The second kappa shape index (κ2) is 5.66. The molecule has 4 aromatic rings. The molecule has 2 heterocycles. The van der Waals surface area contributed by atoms with Gasteiger partial charge < -0.3 is 18.7 Å². The number of aromatic hydroxyl groups is 1. The average molecular weight is 340 g/mol. The Morgan fingerprint density at radius 3 is 2.84 bits per heavy atom. The fraction of sp³-hybridized carbons (Fsp3) is 0.105. The number of rotatable bonds is 3. The molecule has 6 heteroatoms. The molecule has 126 valence electrons. The minimum absolute atomic E-state index is 0.0220. The Balaban J connectivity index is 1.92. The number of phenols is 1. The number of furan rings is 1. The molecule has 25 heavy (non-hydrogen) atoms. The topological polar surface area (TPSA) is 72.8 Å². The van der Waals surface area contributed by atoms with Crippen LogP contribution in [0.2, 0.25) is 0 Å². The van der Waals surface area contributed by atoms with E-state index in [4.69, 9.17) is 13.6 Å². The second-order valence-electron chi connectivity index (χ2n) is 5.69. The largest absolute Gasteiger partial charge is 0.506 e. The number of halogens is 1. The molecule has 4 rings (SSSR count). The van der Waals surface area contributed by atoms with E-state index in [1.54, 1.807) is 25.1 Å². The molecule has 0 spiro atoms. The summed E-state index contributed by atoms with van der Waals surface area (Å²) in [4.78, 5) is 12.3. The van der Waals surface area contributed by atoms with Gasteiger partial charge in [-0.15, -0.1) is 0 Å². The van der Waals surface area contributed by atoms with Crippen molar-refractivity contribution in [2.45, 2.75) is 13.5 Å². The highest BCUT2D eigenvalue weighted by Gasteiger charge is 2.22. The lowest BCUT2D eigenvalue weighted by molar-refractivity contribution is 0.302. The maximum Gasteiger partial charge on any atom is 0.206 e. The molecule has 0 fully saturated rings. The summed E-state index contributed by atoms with van der Waals surface area (Å²) in [5, 5.41) is 10.8. The summed E-state index contributed by atoms with van der Waals surface area (Å²) in [6.45, 7) is 1.67. The van der Waals surface area contributed by atoms with Crippen LogP contribution in [-0.2, 0) is 6.61 Å². The first-order valence-corrected chi connectivity index (χ1v) is 7.58. The van der Waals surface area contributed by atoms with Crippen molar-refractivity contribution in [3.63, 3.8) is 0 Å². The van der Waals surface area contributed by atoms with Crippen LogP contribution in [0.4, 0.5) is 4.39 Å². The maximum atomic E-state index is 13.3. The second-order valence-corrected chi connectivity index (χ2v) is 5.69. The van der Waals surface area contributed by atoms with Crippen LogP contribution in [0.3, 0.4) is 0 Å². The molecule has 0 aliphatic rings. The van der Waals surface area contributed by atoms with Gasteiger partial charge in [0.1, 0.15) is 29.3 Å². The molecular weight excluding hydrogens is 327 g/mol. The van der Waals surface area contributed by atoms with Crippen molar-refractivity contribution >= 4 is 21.9 Å². The fourth-order valence-electron chi connectivity index (χ4n) is 2.82. The number of aryl methyl sites for hydroxylation is 1. The van der Waals surface area contributed by atoms with Crippen LogP contribution in [0.5, 0.6) is 11.5 Å². The van der Waals surface area contributed by atoms with Crippen LogP contribution < -0.4 is 10.2 Å². The first-order chi connectivity index (χ1) is 12.0.